The third kappa shape index (κ3) is 6.05. The van der Waals surface area contributed by atoms with Gasteiger partial charge in [-0.05, 0) is 30.7 Å². The van der Waals surface area contributed by atoms with Gasteiger partial charge in [-0.25, -0.2) is 13.4 Å². The van der Waals surface area contributed by atoms with Crippen LogP contribution in [0.15, 0.2) is 53.8 Å². The van der Waals surface area contributed by atoms with Crippen molar-refractivity contribution in [2.45, 2.75) is 24.5 Å². The van der Waals surface area contributed by atoms with E-state index in [1.54, 1.807) is 30.1 Å². The quantitative estimate of drug-likeness (QED) is 0.497. The van der Waals surface area contributed by atoms with Crippen LogP contribution in [0, 0.1) is 0 Å². The number of carbonyl (C=O) groups excluding carboxylic acids is 1. The van der Waals surface area contributed by atoms with Crippen LogP contribution in [0.25, 0.3) is 0 Å². The molecule has 1 atom stereocenters. The zero-order chi connectivity index (χ0) is 23.3. The Hall–Kier alpha value is -3.44. The van der Waals surface area contributed by atoms with Crippen LogP contribution in [-0.2, 0) is 16.9 Å². The Kier molecular flexibility index (Phi) is 7.11. The first-order chi connectivity index (χ1) is 15.2. The van der Waals surface area contributed by atoms with E-state index in [2.05, 4.69) is 15.4 Å². The lowest BCUT2D eigenvalue weighted by Crippen LogP contribution is -2.20. The molecule has 3 rings (SSSR count). The van der Waals surface area contributed by atoms with Gasteiger partial charge in [0, 0.05) is 37.2 Å². The van der Waals surface area contributed by atoms with E-state index >= 15 is 0 Å². The summed E-state index contributed by atoms with van der Waals surface area (Å²) in [5.41, 5.74) is 0.247. The van der Waals surface area contributed by atoms with Crippen LogP contribution in [-0.4, -0.2) is 53.2 Å². The van der Waals surface area contributed by atoms with Gasteiger partial charge < -0.3 is 19.9 Å². The number of hydrogen-bond acceptors (Lipinski definition) is 8. The lowest BCUT2D eigenvalue weighted by atomic mass is 10.1. The SMILES string of the molecule is CCC(CO)Oc1cc(Oc2ccc(S(C)(=O)=O)nc2)cc(C(=O)Nc2ccn(C)n2)c1. The van der Waals surface area contributed by atoms with Gasteiger partial charge in [0.2, 0.25) is 0 Å². The summed E-state index contributed by atoms with van der Waals surface area (Å²) in [7, 11) is -1.70. The van der Waals surface area contributed by atoms with Gasteiger partial charge in [-0.2, -0.15) is 5.10 Å². The molecule has 3 aromatic rings. The second kappa shape index (κ2) is 9.79. The third-order valence-electron chi connectivity index (χ3n) is 4.38. The molecule has 0 radical (unpaired) electrons. The van der Waals surface area contributed by atoms with Crippen LogP contribution in [0.2, 0.25) is 0 Å². The molecule has 1 unspecified atom stereocenters. The van der Waals surface area contributed by atoms with Gasteiger partial charge in [-0.15, -0.1) is 0 Å². The van der Waals surface area contributed by atoms with Crippen LogP contribution >= 0.6 is 0 Å². The maximum Gasteiger partial charge on any atom is 0.257 e. The number of aryl methyl sites for hydroxylation is 1. The minimum atomic E-state index is -3.44. The molecule has 0 saturated heterocycles. The fourth-order valence-electron chi connectivity index (χ4n) is 2.72. The van der Waals surface area contributed by atoms with E-state index in [0.717, 1.165) is 6.26 Å². The number of anilines is 1. The summed E-state index contributed by atoms with van der Waals surface area (Å²) in [6.45, 7) is 1.68. The maximum absolute atomic E-state index is 12.8. The molecule has 0 aliphatic carbocycles. The fourth-order valence-corrected chi connectivity index (χ4v) is 3.28. The summed E-state index contributed by atoms with van der Waals surface area (Å²) >= 11 is 0. The number of rotatable bonds is 9. The minimum absolute atomic E-state index is 0.0777. The highest BCUT2D eigenvalue weighted by molar-refractivity contribution is 7.90. The van der Waals surface area contributed by atoms with Crippen molar-refractivity contribution in [1.82, 2.24) is 14.8 Å². The molecule has 2 aromatic heterocycles. The molecule has 0 saturated carbocycles. The number of aromatic nitrogens is 3. The van der Waals surface area contributed by atoms with Crippen molar-refractivity contribution in [3.05, 3.63) is 54.4 Å². The van der Waals surface area contributed by atoms with E-state index in [1.807, 2.05) is 6.92 Å². The average molecular weight is 461 g/mol. The fraction of sp³-hybridized carbons (Fsp3) is 0.286. The Balaban J connectivity index is 1.89. The lowest BCUT2D eigenvalue weighted by Gasteiger charge is -2.17. The largest absolute Gasteiger partial charge is 0.488 e. The Labute approximate surface area is 185 Å². The topological polar surface area (TPSA) is 133 Å². The number of benzene rings is 1. The number of nitrogens with zero attached hydrogens (tertiary/aromatic N) is 3. The van der Waals surface area contributed by atoms with E-state index < -0.39 is 21.8 Å². The Morgan fingerprint density at radius 1 is 1.19 bits per heavy atom. The van der Waals surface area contributed by atoms with Crippen molar-refractivity contribution in [1.29, 1.82) is 0 Å². The molecule has 2 N–H and O–H groups in total. The van der Waals surface area contributed by atoms with Gasteiger partial charge in [0.15, 0.2) is 20.7 Å². The number of aliphatic hydroxyl groups is 1. The van der Waals surface area contributed by atoms with Crippen LogP contribution < -0.4 is 14.8 Å². The molecule has 170 valence electrons. The van der Waals surface area contributed by atoms with Crippen molar-refractivity contribution in [2.75, 3.05) is 18.2 Å². The smallest absolute Gasteiger partial charge is 0.257 e. The van der Waals surface area contributed by atoms with Gasteiger partial charge in [0.1, 0.15) is 23.4 Å². The highest BCUT2D eigenvalue weighted by Crippen LogP contribution is 2.29. The zero-order valence-electron chi connectivity index (χ0n) is 17.8. The van der Waals surface area contributed by atoms with E-state index in [4.69, 9.17) is 9.47 Å². The van der Waals surface area contributed by atoms with Gasteiger partial charge >= 0.3 is 0 Å². The highest BCUT2D eigenvalue weighted by Gasteiger charge is 2.15. The van der Waals surface area contributed by atoms with Crippen molar-refractivity contribution < 1.29 is 27.8 Å². The molecule has 1 amide bonds. The monoisotopic (exact) mass is 460 g/mol. The van der Waals surface area contributed by atoms with E-state index in [-0.39, 0.29) is 28.7 Å². The molecular formula is C21H24N4O6S. The molecule has 1 aromatic carbocycles. The molecule has 0 aliphatic rings. The Morgan fingerprint density at radius 3 is 2.50 bits per heavy atom. The normalized spacial score (nSPS) is 12.2. The molecule has 0 fully saturated rings. The first-order valence-electron chi connectivity index (χ1n) is 9.75. The van der Waals surface area contributed by atoms with Crippen LogP contribution in [0.4, 0.5) is 5.82 Å². The molecule has 11 heteroatoms. The number of aliphatic hydroxyl groups excluding tert-OH is 1. The van der Waals surface area contributed by atoms with Crippen molar-refractivity contribution in [3.8, 4) is 17.2 Å². The van der Waals surface area contributed by atoms with Gasteiger partial charge in [-0.3, -0.25) is 9.48 Å². The first kappa shape index (κ1) is 23.2. The van der Waals surface area contributed by atoms with Crippen molar-refractivity contribution >= 4 is 21.6 Å². The lowest BCUT2D eigenvalue weighted by molar-refractivity contribution is 0.102. The summed E-state index contributed by atoms with van der Waals surface area (Å²) in [6, 6.07) is 9.07. The molecule has 10 nitrogen and oxygen atoms in total. The molecule has 0 aliphatic heterocycles. The minimum Gasteiger partial charge on any atom is -0.488 e. The number of hydrogen-bond donors (Lipinski definition) is 2. The number of sulfone groups is 1. The standard InChI is InChI=1S/C21H24N4O6S/c1-4-15(13-26)30-17-9-14(21(27)23-19-7-8-25(2)24-19)10-18(11-17)31-16-5-6-20(22-12-16)32(3,28)29/h5-12,15,26H,4,13H2,1-3H3,(H,23,24,27). The molecule has 32 heavy (non-hydrogen) atoms. The van der Waals surface area contributed by atoms with Gasteiger partial charge in [0.05, 0.1) is 12.8 Å². The summed E-state index contributed by atoms with van der Waals surface area (Å²) in [5.74, 6) is 0.834. The Bertz CT molecular complexity index is 1190. The number of ether oxygens (including phenoxy) is 2. The summed E-state index contributed by atoms with van der Waals surface area (Å²) in [6.07, 6.45) is 4.15. The second-order valence-electron chi connectivity index (χ2n) is 7.06. The first-order valence-corrected chi connectivity index (χ1v) is 11.6. The van der Waals surface area contributed by atoms with E-state index in [0.29, 0.717) is 18.0 Å². The summed E-state index contributed by atoms with van der Waals surface area (Å²) < 4.78 is 36.3. The number of nitrogens with one attached hydrogen (secondary N) is 1. The summed E-state index contributed by atoms with van der Waals surface area (Å²) in [4.78, 5) is 16.7. The van der Waals surface area contributed by atoms with Gasteiger partial charge in [-0.1, -0.05) is 6.92 Å². The molecule has 0 bridgehead atoms. The van der Waals surface area contributed by atoms with Crippen LogP contribution in [0.5, 0.6) is 17.2 Å². The third-order valence-corrected chi connectivity index (χ3v) is 5.39. The van der Waals surface area contributed by atoms with E-state index in [1.165, 1.54) is 30.5 Å². The maximum atomic E-state index is 12.8. The van der Waals surface area contributed by atoms with Crippen LogP contribution in [0.3, 0.4) is 0 Å². The summed E-state index contributed by atoms with van der Waals surface area (Å²) in [5, 5.41) is 16.2. The zero-order valence-corrected chi connectivity index (χ0v) is 18.7. The van der Waals surface area contributed by atoms with Crippen molar-refractivity contribution in [3.63, 3.8) is 0 Å². The molecule has 2 heterocycles. The van der Waals surface area contributed by atoms with E-state index in [9.17, 15) is 18.3 Å². The van der Waals surface area contributed by atoms with Gasteiger partial charge in [0.25, 0.3) is 5.91 Å². The highest BCUT2D eigenvalue weighted by atomic mass is 32.2. The number of amides is 1. The average Bonchev–Trinajstić information content (AvgIpc) is 3.16. The second-order valence-corrected chi connectivity index (χ2v) is 9.02. The molecular weight excluding hydrogens is 436 g/mol. The predicted molar refractivity (Wildman–Crippen MR) is 117 cm³/mol. The molecule has 0 spiro atoms. The number of carbonyl (C=O) groups is 1. The predicted octanol–water partition coefficient (Wildman–Crippen LogP) is 2.41. The number of pyridine rings is 1. The van der Waals surface area contributed by atoms with Crippen molar-refractivity contribution in [2.24, 2.45) is 7.05 Å². The Morgan fingerprint density at radius 2 is 1.94 bits per heavy atom. The van der Waals surface area contributed by atoms with Crippen LogP contribution in [0.1, 0.15) is 23.7 Å².